The monoisotopic (exact) mass is 608 g/mol. The van der Waals surface area contributed by atoms with Crippen molar-refractivity contribution in [3.05, 3.63) is 121 Å². The highest BCUT2D eigenvalue weighted by Crippen LogP contribution is 2.43. The molecule has 0 spiro atoms. The molecule has 10 aromatic rings. The van der Waals surface area contributed by atoms with Crippen LogP contribution < -0.4 is 0 Å². The Morgan fingerprint density at radius 2 is 1.17 bits per heavy atom. The topological polar surface area (TPSA) is 47.7 Å². The number of aromatic nitrogens is 4. The zero-order valence-electron chi connectivity index (χ0n) is 26.7. The molecule has 0 aliphatic heterocycles. The molecular formula is C42H32N4O. The number of hydrogen-bond acceptors (Lipinski definition) is 3. The van der Waals surface area contributed by atoms with Crippen molar-refractivity contribution in [2.45, 2.75) is 39.5 Å². The van der Waals surface area contributed by atoms with Gasteiger partial charge in [-0.3, -0.25) is 8.80 Å². The average Bonchev–Trinajstić information content (AvgIpc) is 3.82. The lowest BCUT2D eigenvalue weighted by molar-refractivity contribution is 0.667. The highest BCUT2D eigenvalue weighted by molar-refractivity contribution is 6.24. The van der Waals surface area contributed by atoms with Crippen LogP contribution in [-0.2, 0) is 0 Å². The Morgan fingerprint density at radius 1 is 0.553 bits per heavy atom. The Kier molecular flexibility index (Phi) is 5.32. The fourth-order valence-corrected chi connectivity index (χ4v) is 7.70. The maximum atomic E-state index is 6.64. The van der Waals surface area contributed by atoms with Gasteiger partial charge >= 0.3 is 0 Å². The van der Waals surface area contributed by atoms with Crippen molar-refractivity contribution in [2.24, 2.45) is 0 Å². The van der Waals surface area contributed by atoms with Crippen LogP contribution in [0.25, 0.3) is 88.3 Å². The lowest BCUT2D eigenvalue weighted by Crippen LogP contribution is -1.96. The molecular weight excluding hydrogens is 576 g/mol. The van der Waals surface area contributed by atoms with E-state index in [1.165, 1.54) is 55.0 Å². The molecule has 0 aliphatic carbocycles. The van der Waals surface area contributed by atoms with Crippen LogP contribution in [0.2, 0.25) is 0 Å². The molecule has 5 heteroatoms. The number of nitrogens with zero attached hydrogens (tertiary/aromatic N) is 4. The van der Waals surface area contributed by atoms with Crippen molar-refractivity contribution in [3.8, 4) is 22.4 Å². The van der Waals surface area contributed by atoms with Crippen LogP contribution in [-0.4, -0.2) is 18.8 Å². The summed E-state index contributed by atoms with van der Waals surface area (Å²) in [6.45, 7) is 8.95. The second kappa shape index (κ2) is 9.43. The van der Waals surface area contributed by atoms with Gasteiger partial charge in [-0.2, -0.15) is 0 Å². The second-order valence-electron chi connectivity index (χ2n) is 13.5. The average molecular weight is 609 g/mol. The molecule has 0 saturated carbocycles. The van der Waals surface area contributed by atoms with Gasteiger partial charge in [0.1, 0.15) is 28.8 Å². The molecule has 5 aromatic heterocycles. The summed E-state index contributed by atoms with van der Waals surface area (Å²) < 4.78 is 11.5. The summed E-state index contributed by atoms with van der Waals surface area (Å²) in [4.78, 5) is 9.45. The van der Waals surface area contributed by atoms with E-state index < -0.39 is 0 Å². The second-order valence-corrected chi connectivity index (χ2v) is 13.5. The first kappa shape index (κ1) is 26.5. The molecule has 0 radical (unpaired) electrons. The van der Waals surface area contributed by atoms with Crippen LogP contribution >= 0.6 is 0 Å². The van der Waals surface area contributed by atoms with Gasteiger partial charge in [0, 0.05) is 27.1 Å². The third kappa shape index (κ3) is 3.60. The van der Waals surface area contributed by atoms with Crippen LogP contribution in [0.5, 0.6) is 0 Å². The van der Waals surface area contributed by atoms with E-state index in [-0.39, 0.29) is 0 Å². The van der Waals surface area contributed by atoms with Gasteiger partial charge < -0.3 is 4.42 Å². The molecule has 10 rings (SSSR count). The SMILES string of the molecule is CC(C)c1cc(-c2ncnc3c2oc2cc(-c4ccc5c6c7ccccc7n7c8ccccc8n(c5c4)c67)ccc23)cc(C(C)C)c1. The minimum atomic E-state index is 0.415. The Hall–Kier alpha value is -5.68. The highest BCUT2D eigenvalue weighted by atomic mass is 16.3. The molecule has 5 aromatic carbocycles. The van der Waals surface area contributed by atoms with Crippen LogP contribution in [0, 0.1) is 0 Å². The van der Waals surface area contributed by atoms with E-state index in [0.717, 1.165) is 44.5 Å². The van der Waals surface area contributed by atoms with Gasteiger partial charge in [0.05, 0.1) is 22.1 Å². The number of rotatable bonds is 4. The molecule has 0 N–H and O–H groups in total. The van der Waals surface area contributed by atoms with Crippen molar-refractivity contribution in [1.82, 2.24) is 18.8 Å². The van der Waals surface area contributed by atoms with E-state index in [2.05, 4.69) is 140 Å². The first-order valence-electron chi connectivity index (χ1n) is 16.5. The quantitative estimate of drug-likeness (QED) is 0.200. The first-order chi connectivity index (χ1) is 23.0. The van der Waals surface area contributed by atoms with Crippen molar-refractivity contribution in [2.75, 3.05) is 0 Å². The van der Waals surface area contributed by atoms with Gasteiger partial charge in [0.15, 0.2) is 5.58 Å². The molecule has 47 heavy (non-hydrogen) atoms. The Bertz CT molecular complexity index is 2830. The van der Waals surface area contributed by atoms with Crippen molar-refractivity contribution >= 4 is 65.9 Å². The van der Waals surface area contributed by atoms with Gasteiger partial charge in [-0.1, -0.05) is 82.3 Å². The third-order valence-electron chi connectivity index (χ3n) is 10.1. The first-order valence-corrected chi connectivity index (χ1v) is 16.5. The number of furan rings is 1. The van der Waals surface area contributed by atoms with E-state index in [4.69, 9.17) is 14.4 Å². The zero-order chi connectivity index (χ0) is 31.6. The fourth-order valence-electron chi connectivity index (χ4n) is 7.70. The molecule has 226 valence electrons. The van der Waals surface area contributed by atoms with Crippen LogP contribution in [0.4, 0.5) is 0 Å². The van der Waals surface area contributed by atoms with Gasteiger partial charge in [0.2, 0.25) is 0 Å². The van der Waals surface area contributed by atoms with E-state index >= 15 is 0 Å². The summed E-state index contributed by atoms with van der Waals surface area (Å²) in [6.07, 6.45) is 1.67. The van der Waals surface area contributed by atoms with Crippen LogP contribution in [0.3, 0.4) is 0 Å². The van der Waals surface area contributed by atoms with E-state index in [1.807, 2.05) is 0 Å². The molecule has 5 heterocycles. The number of benzene rings is 5. The number of fused-ring (bicyclic) bond motifs is 12. The minimum absolute atomic E-state index is 0.415. The van der Waals surface area contributed by atoms with Gasteiger partial charge in [-0.25, -0.2) is 9.97 Å². The normalized spacial score (nSPS) is 12.6. The maximum Gasteiger partial charge on any atom is 0.180 e. The summed E-state index contributed by atoms with van der Waals surface area (Å²) in [5.41, 5.74) is 15.3. The molecule has 5 nitrogen and oxygen atoms in total. The number of hydrogen-bond donors (Lipinski definition) is 0. The lowest BCUT2D eigenvalue weighted by atomic mass is 9.92. The van der Waals surface area contributed by atoms with Crippen molar-refractivity contribution in [1.29, 1.82) is 0 Å². The Morgan fingerprint density at radius 3 is 1.89 bits per heavy atom. The summed E-state index contributed by atoms with van der Waals surface area (Å²) in [5.74, 6) is 0.831. The van der Waals surface area contributed by atoms with Crippen molar-refractivity contribution < 1.29 is 4.42 Å². The summed E-state index contributed by atoms with van der Waals surface area (Å²) in [5, 5.41) is 4.86. The molecule has 0 saturated heterocycles. The smallest absolute Gasteiger partial charge is 0.180 e. The van der Waals surface area contributed by atoms with E-state index in [1.54, 1.807) is 6.33 Å². The van der Waals surface area contributed by atoms with Gasteiger partial charge in [0.25, 0.3) is 0 Å². The molecule has 0 aliphatic rings. The lowest BCUT2D eigenvalue weighted by Gasteiger charge is -2.14. The van der Waals surface area contributed by atoms with Gasteiger partial charge in [-0.15, -0.1) is 0 Å². The molecule has 0 bridgehead atoms. The summed E-state index contributed by atoms with van der Waals surface area (Å²) in [7, 11) is 0. The largest absolute Gasteiger partial charge is 0.452 e. The number of imidazole rings is 1. The molecule has 0 unspecified atom stereocenters. The van der Waals surface area contributed by atoms with E-state index in [0.29, 0.717) is 11.8 Å². The minimum Gasteiger partial charge on any atom is -0.452 e. The number of para-hydroxylation sites is 3. The molecule has 0 fully saturated rings. The Labute approximate surface area is 271 Å². The predicted molar refractivity (Wildman–Crippen MR) is 194 cm³/mol. The molecule has 0 atom stereocenters. The summed E-state index contributed by atoms with van der Waals surface area (Å²) in [6, 6.07) is 37.6. The summed E-state index contributed by atoms with van der Waals surface area (Å²) >= 11 is 0. The Balaban J connectivity index is 1.17. The van der Waals surface area contributed by atoms with Gasteiger partial charge in [-0.05, 0) is 82.6 Å². The molecule has 0 amide bonds. The van der Waals surface area contributed by atoms with E-state index in [9.17, 15) is 0 Å². The highest BCUT2D eigenvalue weighted by Gasteiger charge is 2.23. The zero-order valence-corrected chi connectivity index (χ0v) is 26.7. The standard InChI is InChI=1S/C42H32N4O/c1-23(2)27-17-28(24(3)4)19-29(18-27)39-41-40(44-22-43-39)32-16-14-26(21-37(32)47-41)25-13-15-31-36(20-25)46-35-12-8-7-11-34(35)45-33-10-6-5-9-30(33)38(31)42(45)46/h5-24H,1-4H3. The van der Waals surface area contributed by atoms with Crippen LogP contribution in [0.15, 0.2) is 114 Å². The predicted octanol–water partition coefficient (Wildman–Crippen LogP) is 11.4. The fraction of sp³-hybridized carbons (Fsp3) is 0.143. The van der Waals surface area contributed by atoms with Crippen molar-refractivity contribution in [3.63, 3.8) is 0 Å². The maximum absolute atomic E-state index is 6.64. The third-order valence-corrected chi connectivity index (χ3v) is 10.1. The van der Waals surface area contributed by atoms with Crippen LogP contribution in [0.1, 0.15) is 50.7 Å².